The summed E-state index contributed by atoms with van der Waals surface area (Å²) >= 11 is 0. The van der Waals surface area contributed by atoms with Crippen LogP contribution in [0.2, 0.25) is 0 Å². The quantitative estimate of drug-likeness (QED) is 0.232. The summed E-state index contributed by atoms with van der Waals surface area (Å²) in [6.07, 6.45) is 2.13. The van der Waals surface area contributed by atoms with E-state index in [1.165, 1.54) is 5.56 Å². The molecule has 0 amide bonds. The molecule has 1 rings (SSSR count). The Morgan fingerprint density at radius 3 is 2.46 bits per heavy atom. The van der Waals surface area contributed by atoms with E-state index in [2.05, 4.69) is 48.5 Å². The lowest BCUT2D eigenvalue weighted by Gasteiger charge is -2.20. The van der Waals surface area contributed by atoms with Crippen LogP contribution in [0, 0.1) is 0 Å². The van der Waals surface area contributed by atoms with Gasteiger partial charge in [-0.1, -0.05) is 32.9 Å². The van der Waals surface area contributed by atoms with E-state index in [1.54, 1.807) is 7.05 Å². The zero-order chi connectivity index (χ0) is 18.5. The van der Waals surface area contributed by atoms with Crippen LogP contribution in [0.3, 0.4) is 0 Å². The highest BCUT2D eigenvalue weighted by molar-refractivity contribution is 14.0. The molecule has 6 heteroatoms. The lowest BCUT2D eigenvalue weighted by Crippen LogP contribution is -2.39. The van der Waals surface area contributed by atoms with Gasteiger partial charge in [-0.05, 0) is 42.9 Å². The SMILES string of the molecule is CCOCCCCNC(=NC)NCCOc1cccc(C(C)(C)C)c1.I. The maximum Gasteiger partial charge on any atom is 0.191 e. The molecule has 0 aliphatic carbocycles. The van der Waals surface area contributed by atoms with Gasteiger partial charge in [0.2, 0.25) is 0 Å². The van der Waals surface area contributed by atoms with Gasteiger partial charge < -0.3 is 20.1 Å². The van der Waals surface area contributed by atoms with Crippen LogP contribution in [0.4, 0.5) is 0 Å². The summed E-state index contributed by atoms with van der Waals surface area (Å²) in [6, 6.07) is 8.31. The average Bonchev–Trinajstić information content (AvgIpc) is 2.59. The first kappa shape index (κ1) is 25.0. The van der Waals surface area contributed by atoms with Crippen LogP contribution in [-0.4, -0.2) is 45.9 Å². The van der Waals surface area contributed by atoms with Crippen LogP contribution in [0.1, 0.15) is 46.1 Å². The van der Waals surface area contributed by atoms with Gasteiger partial charge in [0.15, 0.2) is 5.96 Å². The minimum atomic E-state index is 0. The van der Waals surface area contributed by atoms with Gasteiger partial charge in [-0.15, -0.1) is 24.0 Å². The zero-order valence-corrected chi connectivity index (χ0v) is 19.3. The number of ether oxygens (including phenoxy) is 2. The first-order chi connectivity index (χ1) is 12.0. The standard InChI is InChI=1S/C20H35N3O2.HI/c1-6-24-14-8-7-12-22-19(21-5)23-13-15-25-18-11-9-10-17(16-18)20(2,3)4;/h9-11,16H,6-8,12-15H2,1-5H3,(H2,21,22,23);1H. The van der Waals surface area contributed by atoms with Crippen molar-refractivity contribution in [3.05, 3.63) is 29.8 Å². The highest BCUT2D eigenvalue weighted by Crippen LogP contribution is 2.25. The summed E-state index contributed by atoms with van der Waals surface area (Å²) in [4.78, 5) is 4.22. The minimum Gasteiger partial charge on any atom is -0.492 e. The predicted molar refractivity (Wildman–Crippen MR) is 121 cm³/mol. The molecule has 1 aromatic rings. The van der Waals surface area contributed by atoms with Gasteiger partial charge in [0, 0.05) is 26.8 Å². The van der Waals surface area contributed by atoms with Crippen LogP contribution in [0.15, 0.2) is 29.3 Å². The Balaban J connectivity index is 0.00000625. The maximum absolute atomic E-state index is 5.84. The molecule has 0 bridgehead atoms. The third-order valence-corrected chi connectivity index (χ3v) is 3.80. The Labute approximate surface area is 176 Å². The summed E-state index contributed by atoms with van der Waals surface area (Å²) in [5.41, 5.74) is 1.41. The van der Waals surface area contributed by atoms with Crippen molar-refractivity contribution in [2.45, 2.75) is 46.0 Å². The van der Waals surface area contributed by atoms with Crippen LogP contribution < -0.4 is 15.4 Å². The van der Waals surface area contributed by atoms with Gasteiger partial charge >= 0.3 is 0 Å². The largest absolute Gasteiger partial charge is 0.492 e. The molecular weight excluding hydrogens is 441 g/mol. The summed E-state index contributed by atoms with van der Waals surface area (Å²) in [5, 5.41) is 6.57. The molecule has 0 unspecified atom stereocenters. The fourth-order valence-electron chi connectivity index (χ4n) is 2.29. The summed E-state index contributed by atoms with van der Waals surface area (Å²) < 4.78 is 11.2. The van der Waals surface area contributed by atoms with Gasteiger partial charge in [-0.25, -0.2) is 0 Å². The smallest absolute Gasteiger partial charge is 0.191 e. The fraction of sp³-hybridized carbons (Fsp3) is 0.650. The van der Waals surface area contributed by atoms with Gasteiger partial charge in [0.25, 0.3) is 0 Å². The van der Waals surface area contributed by atoms with Crippen LogP contribution in [0.5, 0.6) is 5.75 Å². The second kappa shape index (κ2) is 14.1. The third kappa shape index (κ3) is 10.9. The lowest BCUT2D eigenvalue weighted by molar-refractivity contribution is 0.143. The first-order valence-electron chi connectivity index (χ1n) is 9.23. The monoisotopic (exact) mass is 477 g/mol. The van der Waals surface area contributed by atoms with E-state index in [0.717, 1.165) is 44.3 Å². The number of benzene rings is 1. The van der Waals surface area contributed by atoms with E-state index in [1.807, 2.05) is 19.1 Å². The lowest BCUT2D eigenvalue weighted by atomic mass is 9.87. The van der Waals surface area contributed by atoms with Crippen molar-refractivity contribution in [3.8, 4) is 5.75 Å². The Morgan fingerprint density at radius 2 is 1.81 bits per heavy atom. The molecule has 150 valence electrons. The third-order valence-electron chi connectivity index (χ3n) is 3.80. The summed E-state index contributed by atoms with van der Waals surface area (Å²) in [6.45, 7) is 12.4. The number of rotatable bonds is 10. The van der Waals surface area contributed by atoms with Gasteiger partial charge in [-0.2, -0.15) is 0 Å². The average molecular weight is 477 g/mol. The van der Waals surface area contributed by atoms with Crippen molar-refractivity contribution in [1.82, 2.24) is 10.6 Å². The van der Waals surface area contributed by atoms with Crippen LogP contribution in [-0.2, 0) is 10.2 Å². The first-order valence-corrected chi connectivity index (χ1v) is 9.23. The van der Waals surface area contributed by atoms with E-state index in [4.69, 9.17) is 9.47 Å². The zero-order valence-electron chi connectivity index (χ0n) is 16.9. The normalized spacial score (nSPS) is 11.7. The van der Waals surface area contributed by atoms with Crippen LogP contribution >= 0.6 is 24.0 Å². The number of aliphatic imine (C=N–C) groups is 1. The number of nitrogens with one attached hydrogen (secondary N) is 2. The van der Waals surface area contributed by atoms with Gasteiger partial charge in [-0.3, -0.25) is 4.99 Å². The second-order valence-electron chi connectivity index (χ2n) is 6.96. The molecule has 0 aromatic heterocycles. The van der Waals surface area contributed by atoms with Gasteiger partial charge in [0.1, 0.15) is 12.4 Å². The van der Waals surface area contributed by atoms with Crippen molar-refractivity contribution >= 4 is 29.9 Å². The second-order valence-corrected chi connectivity index (χ2v) is 6.96. The molecule has 0 aliphatic heterocycles. The summed E-state index contributed by atoms with van der Waals surface area (Å²) in [5.74, 6) is 1.72. The molecule has 0 radical (unpaired) electrons. The topological polar surface area (TPSA) is 54.9 Å². The molecule has 0 heterocycles. The Kier molecular flexibility index (Phi) is 13.5. The van der Waals surface area contributed by atoms with E-state index in [-0.39, 0.29) is 29.4 Å². The van der Waals surface area contributed by atoms with Crippen molar-refractivity contribution in [1.29, 1.82) is 0 Å². The molecule has 26 heavy (non-hydrogen) atoms. The molecule has 1 aromatic carbocycles. The van der Waals surface area contributed by atoms with Crippen LogP contribution in [0.25, 0.3) is 0 Å². The van der Waals surface area contributed by atoms with Crippen molar-refractivity contribution in [3.63, 3.8) is 0 Å². The maximum atomic E-state index is 5.84. The predicted octanol–water partition coefficient (Wildman–Crippen LogP) is 3.96. The van der Waals surface area contributed by atoms with Crippen molar-refractivity contribution in [2.24, 2.45) is 4.99 Å². The van der Waals surface area contributed by atoms with Gasteiger partial charge in [0.05, 0.1) is 6.54 Å². The minimum absolute atomic E-state index is 0. The highest BCUT2D eigenvalue weighted by Gasteiger charge is 2.13. The Hall–Kier alpha value is -1.02. The molecule has 0 aliphatic rings. The molecule has 2 N–H and O–H groups in total. The fourth-order valence-corrected chi connectivity index (χ4v) is 2.29. The molecule has 0 spiro atoms. The Bertz CT molecular complexity index is 516. The number of hydrogen-bond acceptors (Lipinski definition) is 3. The molecule has 0 saturated carbocycles. The highest BCUT2D eigenvalue weighted by atomic mass is 127. The molecular formula is C20H36IN3O2. The number of guanidine groups is 1. The number of hydrogen-bond donors (Lipinski definition) is 2. The van der Waals surface area contributed by atoms with Crippen molar-refractivity contribution in [2.75, 3.05) is 40.0 Å². The number of unbranched alkanes of at least 4 members (excludes halogenated alkanes) is 1. The van der Waals surface area contributed by atoms with E-state index < -0.39 is 0 Å². The molecule has 0 saturated heterocycles. The van der Waals surface area contributed by atoms with E-state index in [9.17, 15) is 0 Å². The van der Waals surface area contributed by atoms with E-state index >= 15 is 0 Å². The molecule has 5 nitrogen and oxygen atoms in total. The molecule has 0 fully saturated rings. The van der Waals surface area contributed by atoms with Crippen molar-refractivity contribution < 1.29 is 9.47 Å². The number of nitrogens with zero attached hydrogens (tertiary/aromatic N) is 1. The summed E-state index contributed by atoms with van der Waals surface area (Å²) in [7, 11) is 1.78. The number of halogens is 1. The Morgan fingerprint density at radius 1 is 1.08 bits per heavy atom. The molecule has 0 atom stereocenters. The van der Waals surface area contributed by atoms with E-state index in [0.29, 0.717) is 13.2 Å².